The van der Waals surface area contributed by atoms with Gasteiger partial charge in [0.15, 0.2) is 0 Å². The van der Waals surface area contributed by atoms with E-state index in [1.807, 2.05) is 0 Å². The van der Waals surface area contributed by atoms with Crippen LogP contribution in [0.1, 0.15) is 12.2 Å². The van der Waals surface area contributed by atoms with Crippen molar-refractivity contribution < 1.29 is 14.0 Å². The molecule has 1 aromatic carbocycles. The van der Waals surface area contributed by atoms with Crippen molar-refractivity contribution in [3.8, 4) is 11.3 Å². The van der Waals surface area contributed by atoms with Crippen molar-refractivity contribution in [2.24, 2.45) is 40.6 Å². The Morgan fingerprint density at radius 2 is 1.66 bits per heavy atom. The average molecular weight is 427 g/mol. The fraction of sp³-hybridized carbons (Fsp3) is 0.318. The number of allylic oxidation sites excluding steroid dienone is 2. The number of nitrogens with zero attached hydrogens (tertiary/aromatic N) is 2. The second kappa shape index (κ2) is 6.07. The summed E-state index contributed by atoms with van der Waals surface area (Å²) >= 11 is 12.0. The van der Waals surface area contributed by atoms with Gasteiger partial charge in [0, 0.05) is 5.56 Å². The molecule has 5 aliphatic rings. The molecule has 3 fully saturated rings. The number of benzene rings is 1. The molecule has 2 heterocycles. The van der Waals surface area contributed by atoms with Crippen LogP contribution in [0.25, 0.3) is 11.3 Å². The summed E-state index contributed by atoms with van der Waals surface area (Å²) in [6.07, 6.45) is 6.86. The zero-order chi connectivity index (χ0) is 19.9. The van der Waals surface area contributed by atoms with Gasteiger partial charge in [0.1, 0.15) is 11.5 Å². The largest absolute Gasteiger partial charge is 0.455 e. The molecule has 1 saturated heterocycles. The lowest BCUT2D eigenvalue weighted by atomic mass is 9.63. The fourth-order valence-electron chi connectivity index (χ4n) is 5.40. The molecule has 29 heavy (non-hydrogen) atoms. The monoisotopic (exact) mass is 426 g/mol. The standard InChI is InChI=1S/C22H16Cl2N2O3/c23-16-5-1-10(7-17(16)24)18-6-2-11(29-18)9-25-26-21(27)19-12-3-4-13(15-8-14(12)15)20(19)22(26)28/h1-7,9,12-15,19-20H,8H2/b25-9-/t12-,13-,14-,15+,19-,20+/m0/s1. The Bertz CT molecular complexity index is 1090. The molecule has 5 nitrogen and oxygen atoms in total. The van der Waals surface area contributed by atoms with Crippen molar-refractivity contribution >= 4 is 41.2 Å². The van der Waals surface area contributed by atoms with Crippen molar-refractivity contribution in [1.82, 2.24) is 5.01 Å². The van der Waals surface area contributed by atoms with E-state index < -0.39 is 0 Å². The summed E-state index contributed by atoms with van der Waals surface area (Å²) in [5.41, 5.74) is 0.778. The zero-order valence-electron chi connectivity index (χ0n) is 15.2. The molecule has 0 N–H and O–H groups in total. The molecule has 2 bridgehead atoms. The molecular formula is C22H16Cl2N2O3. The van der Waals surface area contributed by atoms with Crippen LogP contribution in [0, 0.1) is 35.5 Å². The number of carbonyl (C=O) groups is 2. The molecule has 2 aromatic rings. The van der Waals surface area contributed by atoms with Crippen molar-refractivity contribution in [2.75, 3.05) is 0 Å². The molecule has 146 valence electrons. The SMILES string of the molecule is O=C1[C@@H]2[C@H]3C=C[C@@H]([C@@H]4C[C@H]34)[C@@H]2C(=O)N1/N=C\c1ccc(-c2ccc(Cl)c(Cl)c2)o1. The molecule has 0 unspecified atom stereocenters. The summed E-state index contributed by atoms with van der Waals surface area (Å²) in [7, 11) is 0. The number of imide groups is 1. The highest BCUT2D eigenvalue weighted by Gasteiger charge is 2.67. The number of rotatable bonds is 3. The molecule has 7 rings (SSSR count). The highest BCUT2D eigenvalue weighted by Crippen LogP contribution is 2.65. The zero-order valence-corrected chi connectivity index (χ0v) is 16.7. The van der Waals surface area contributed by atoms with E-state index in [1.165, 1.54) is 6.21 Å². The Morgan fingerprint density at radius 1 is 0.966 bits per heavy atom. The van der Waals surface area contributed by atoms with Gasteiger partial charge in [-0.3, -0.25) is 9.59 Å². The van der Waals surface area contributed by atoms with Crippen molar-refractivity contribution in [3.05, 3.63) is 58.3 Å². The van der Waals surface area contributed by atoms with Crippen molar-refractivity contribution in [2.45, 2.75) is 6.42 Å². The Balaban J connectivity index is 1.24. The van der Waals surface area contributed by atoms with Gasteiger partial charge < -0.3 is 4.42 Å². The molecule has 1 aromatic heterocycles. The topological polar surface area (TPSA) is 62.9 Å². The minimum atomic E-state index is -0.248. The highest BCUT2D eigenvalue weighted by molar-refractivity contribution is 6.42. The number of halogens is 2. The minimum absolute atomic E-state index is 0.183. The summed E-state index contributed by atoms with van der Waals surface area (Å²) in [5, 5.41) is 6.15. The van der Waals surface area contributed by atoms with E-state index in [2.05, 4.69) is 17.3 Å². The van der Waals surface area contributed by atoms with Crippen LogP contribution in [-0.2, 0) is 9.59 Å². The number of furan rings is 1. The van der Waals surface area contributed by atoms with E-state index in [-0.39, 0.29) is 35.5 Å². The Morgan fingerprint density at radius 3 is 2.31 bits per heavy atom. The van der Waals surface area contributed by atoms with Gasteiger partial charge in [-0.1, -0.05) is 35.4 Å². The second-order valence-electron chi connectivity index (χ2n) is 8.22. The van der Waals surface area contributed by atoms with Crippen LogP contribution < -0.4 is 0 Å². The number of amides is 2. The summed E-state index contributed by atoms with van der Waals surface area (Å²) in [6.45, 7) is 0. The third-order valence-corrected chi connectivity index (χ3v) is 7.51. The first-order valence-electron chi connectivity index (χ1n) is 9.68. The number of hydrazone groups is 1. The Kier molecular flexibility index (Phi) is 3.66. The van der Waals surface area contributed by atoms with Crippen LogP contribution >= 0.6 is 23.2 Å². The molecule has 2 saturated carbocycles. The predicted octanol–water partition coefficient (Wildman–Crippen LogP) is 4.64. The van der Waals surface area contributed by atoms with Crippen molar-refractivity contribution in [3.63, 3.8) is 0 Å². The van der Waals surface area contributed by atoms with Crippen LogP contribution in [0.2, 0.25) is 10.0 Å². The number of hydrogen-bond acceptors (Lipinski definition) is 4. The van der Waals surface area contributed by atoms with Crippen LogP contribution in [0.15, 0.2) is 52.0 Å². The first-order valence-corrected chi connectivity index (χ1v) is 10.4. The highest BCUT2D eigenvalue weighted by atomic mass is 35.5. The van der Waals surface area contributed by atoms with E-state index >= 15 is 0 Å². The summed E-state index contributed by atoms with van der Waals surface area (Å²) < 4.78 is 5.78. The number of carbonyl (C=O) groups excluding carboxylic acids is 2. The summed E-state index contributed by atoms with van der Waals surface area (Å²) in [4.78, 5) is 25.8. The smallest absolute Gasteiger partial charge is 0.254 e. The molecule has 1 aliphatic heterocycles. The van der Waals surface area contributed by atoms with Gasteiger partial charge in [-0.05, 0) is 60.4 Å². The van der Waals surface area contributed by atoms with Crippen LogP contribution in [0.5, 0.6) is 0 Å². The molecule has 4 aliphatic carbocycles. The van der Waals surface area contributed by atoms with Crippen molar-refractivity contribution in [1.29, 1.82) is 0 Å². The van der Waals surface area contributed by atoms with Gasteiger partial charge >= 0.3 is 0 Å². The molecule has 6 atom stereocenters. The molecule has 0 radical (unpaired) electrons. The lowest BCUT2D eigenvalue weighted by Crippen LogP contribution is -2.40. The van der Waals surface area contributed by atoms with Crippen LogP contribution in [0.3, 0.4) is 0 Å². The maximum Gasteiger partial charge on any atom is 0.254 e. The average Bonchev–Trinajstić information content (AvgIpc) is 3.36. The lowest BCUT2D eigenvalue weighted by Gasteiger charge is -2.37. The normalized spacial score (nSPS) is 34.2. The van der Waals surface area contributed by atoms with Gasteiger partial charge in [0.2, 0.25) is 0 Å². The molecule has 2 amide bonds. The van der Waals surface area contributed by atoms with E-state index in [0.29, 0.717) is 33.4 Å². The van der Waals surface area contributed by atoms with Gasteiger partial charge in [-0.2, -0.15) is 10.1 Å². The van der Waals surface area contributed by atoms with E-state index in [9.17, 15) is 9.59 Å². The van der Waals surface area contributed by atoms with Crippen LogP contribution in [0.4, 0.5) is 0 Å². The molecule has 7 heteroatoms. The first kappa shape index (κ1) is 17.5. The van der Waals surface area contributed by atoms with Gasteiger partial charge in [0.05, 0.1) is 28.1 Å². The third-order valence-electron chi connectivity index (χ3n) is 6.77. The maximum absolute atomic E-state index is 12.9. The quantitative estimate of drug-likeness (QED) is 0.407. The van der Waals surface area contributed by atoms with Gasteiger partial charge in [-0.25, -0.2) is 0 Å². The Labute approximate surface area is 177 Å². The van der Waals surface area contributed by atoms with E-state index in [4.69, 9.17) is 27.6 Å². The van der Waals surface area contributed by atoms with E-state index in [0.717, 1.165) is 17.0 Å². The maximum atomic E-state index is 12.9. The Hall–Kier alpha value is -2.37. The molecule has 0 spiro atoms. The van der Waals surface area contributed by atoms with Gasteiger partial charge in [-0.15, -0.1) is 0 Å². The predicted molar refractivity (Wildman–Crippen MR) is 108 cm³/mol. The number of hydrogen-bond donors (Lipinski definition) is 0. The van der Waals surface area contributed by atoms with E-state index in [1.54, 1.807) is 30.3 Å². The molecular weight excluding hydrogens is 411 g/mol. The first-order chi connectivity index (χ1) is 14.0. The third kappa shape index (κ3) is 2.50. The minimum Gasteiger partial charge on any atom is -0.455 e. The fourth-order valence-corrected chi connectivity index (χ4v) is 5.69. The lowest BCUT2D eigenvalue weighted by molar-refractivity contribution is -0.140. The van der Waals surface area contributed by atoms with Crippen LogP contribution in [-0.4, -0.2) is 23.0 Å². The van der Waals surface area contributed by atoms with Gasteiger partial charge in [0.25, 0.3) is 11.8 Å². The second-order valence-corrected chi connectivity index (χ2v) is 9.03. The summed E-state index contributed by atoms with van der Waals surface area (Å²) in [5.74, 6) is 1.72. The summed E-state index contributed by atoms with van der Waals surface area (Å²) in [6, 6.07) is 8.74.